The lowest BCUT2D eigenvalue weighted by Gasteiger charge is -2.09. The zero-order valence-corrected chi connectivity index (χ0v) is 13.9. The summed E-state index contributed by atoms with van der Waals surface area (Å²) >= 11 is 0. The molecule has 0 saturated carbocycles. The minimum Gasteiger partial charge on any atom is -0.493 e. The summed E-state index contributed by atoms with van der Waals surface area (Å²) in [6.07, 6.45) is 3.53. The van der Waals surface area contributed by atoms with Gasteiger partial charge in [-0.15, -0.1) is 5.10 Å². The van der Waals surface area contributed by atoms with E-state index in [1.54, 1.807) is 10.9 Å². The number of hydrogen-bond acceptors (Lipinski definition) is 5. The van der Waals surface area contributed by atoms with E-state index in [0.717, 1.165) is 29.2 Å². The number of benzene rings is 1. The summed E-state index contributed by atoms with van der Waals surface area (Å²) < 4.78 is 7.48. The molecular weight excluding hydrogens is 302 g/mol. The Bertz CT molecular complexity index is 795. The van der Waals surface area contributed by atoms with Gasteiger partial charge in [-0.1, -0.05) is 31.2 Å². The Hall–Kier alpha value is -2.89. The fraction of sp³-hybridized carbons (Fsp3) is 0.278. The third kappa shape index (κ3) is 3.90. The third-order valence-electron chi connectivity index (χ3n) is 3.50. The molecule has 0 spiro atoms. The first-order valence-corrected chi connectivity index (χ1v) is 7.94. The van der Waals surface area contributed by atoms with Gasteiger partial charge >= 0.3 is 0 Å². The average Bonchev–Trinajstić information content (AvgIpc) is 3.03. The maximum atomic E-state index is 5.88. The van der Waals surface area contributed by atoms with Gasteiger partial charge < -0.3 is 10.5 Å². The fourth-order valence-corrected chi connectivity index (χ4v) is 2.27. The van der Waals surface area contributed by atoms with Crippen molar-refractivity contribution in [3.05, 3.63) is 54.4 Å². The van der Waals surface area contributed by atoms with Crippen LogP contribution in [0.25, 0.3) is 11.3 Å². The Morgan fingerprint density at radius 1 is 1.17 bits per heavy atom. The van der Waals surface area contributed by atoms with E-state index < -0.39 is 0 Å². The first-order chi connectivity index (χ1) is 11.6. The summed E-state index contributed by atoms with van der Waals surface area (Å²) in [4.78, 5) is 4.08. The average molecular weight is 323 g/mol. The first-order valence-electron chi connectivity index (χ1n) is 7.94. The van der Waals surface area contributed by atoms with Gasteiger partial charge in [0.05, 0.1) is 19.3 Å². The van der Waals surface area contributed by atoms with Crippen LogP contribution >= 0.6 is 0 Å². The Balaban J connectivity index is 1.68. The van der Waals surface area contributed by atoms with Gasteiger partial charge in [0.25, 0.3) is 0 Å². The molecular formula is C18H21N5O. The molecule has 0 aliphatic heterocycles. The van der Waals surface area contributed by atoms with Gasteiger partial charge in [-0.05, 0) is 35.7 Å². The highest BCUT2D eigenvalue weighted by molar-refractivity contribution is 5.69. The molecule has 2 heterocycles. The second kappa shape index (κ2) is 7.12. The Morgan fingerprint density at radius 2 is 1.96 bits per heavy atom. The molecule has 0 bridgehead atoms. The highest BCUT2D eigenvalue weighted by atomic mass is 16.5. The smallest absolute Gasteiger partial charge is 0.132 e. The quantitative estimate of drug-likeness (QED) is 0.754. The van der Waals surface area contributed by atoms with Gasteiger partial charge in [0.2, 0.25) is 0 Å². The second-order valence-corrected chi connectivity index (χ2v) is 6.09. The number of anilines is 1. The molecule has 0 atom stereocenters. The van der Waals surface area contributed by atoms with E-state index in [0.29, 0.717) is 18.3 Å². The molecule has 2 N–H and O–H groups in total. The van der Waals surface area contributed by atoms with E-state index in [1.807, 2.05) is 42.6 Å². The minimum atomic E-state index is 0.455. The standard InChI is InChI=1S/C18H21N5O/c1-13(2)12-24-15-7-5-14(6-8-15)10-23-11-17(21-22-23)16-4-3-9-20-18(16)19/h3-9,11,13H,10,12H2,1-2H3,(H2,19,20). The van der Waals surface area contributed by atoms with Gasteiger partial charge in [-0.2, -0.15) is 0 Å². The van der Waals surface area contributed by atoms with E-state index in [9.17, 15) is 0 Å². The summed E-state index contributed by atoms with van der Waals surface area (Å²) in [5.41, 5.74) is 8.52. The first kappa shape index (κ1) is 16.0. The van der Waals surface area contributed by atoms with Crippen molar-refractivity contribution in [2.45, 2.75) is 20.4 Å². The Morgan fingerprint density at radius 3 is 2.67 bits per heavy atom. The topological polar surface area (TPSA) is 78.9 Å². The van der Waals surface area contributed by atoms with Crippen molar-refractivity contribution in [3.8, 4) is 17.0 Å². The highest BCUT2D eigenvalue weighted by Gasteiger charge is 2.08. The number of hydrogen-bond donors (Lipinski definition) is 1. The number of rotatable bonds is 6. The van der Waals surface area contributed by atoms with Crippen LogP contribution < -0.4 is 10.5 Å². The zero-order valence-electron chi connectivity index (χ0n) is 13.9. The van der Waals surface area contributed by atoms with Crippen molar-refractivity contribution in [1.29, 1.82) is 0 Å². The van der Waals surface area contributed by atoms with Crippen LogP contribution in [0.3, 0.4) is 0 Å². The predicted molar refractivity (Wildman–Crippen MR) is 93.5 cm³/mol. The number of nitrogens with zero attached hydrogens (tertiary/aromatic N) is 4. The predicted octanol–water partition coefficient (Wildman–Crippen LogP) is 3.01. The van der Waals surface area contributed by atoms with Crippen molar-refractivity contribution in [2.24, 2.45) is 5.92 Å². The molecule has 3 rings (SSSR count). The lowest BCUT2D eigenvalue weighted by molar-refractivity contribution is 0.271. The molecule has 24 heavy (non-hydrogen) atoms. The lowest BCUT2D eigenvalue weighted by Crippen LogP contribution is -2.05. The molecule has 3 aromatic rings. The van der Waals surface area contributed by atoms with Crippen LogP contribution in [0, 0.1) is 5.92 Å². The summed E-state index contributed by atoms with van der Waals surface area (Å²) in [6, 6.07) is 11.8. The molecule has 0 aliphatic carbocycles. The van der Waals surface area contributed by atoms with Crippen LogP contribution in [0.4, 0.5) is 5.82 Å². The molecule has 2 aromatic heterocycles. The van der Waals surface area contributed by atoms with Crippen LogP contribution in [0.2, 0.25) is 0 Å². The summed E-state index contributed by atoms with van der Waals surface area (Å²) in [6.45, 7) is 5.62. The Kier molecular flexibility index (Phi) is 4.74. The van der Waals surface area contributed by atoms with Crippen LogP contribution in [0.15, 0.2) is 48.8 Å². The van der Waals surface area contributed by atoms with Gasteiger partial charge in [-0.3, -0.25) is 0 Å². The molecule has 6 heteroatoms. The number of aromatic nitrogens is 4. The van der Waals surface area contributed by atoms with Crippen molar-refractivity contribution in [2.75, 3.05) is 12.3 Å². The summed E-state index contributed by atoms with van der Waals surface area (Å²) in [5.74, 6) is 1.85. The largest absolute Gasteiger partial charge is 0.493 e. The van der Waals surface area contributed by atoms with E-state index in [2.05, 4.69) is 29.1 Å². The maximum absolute atomic E-state index is 5.88. The second-order valence-electron chi connectivity index (χ2n) is 6.09. The molecule has 0 amide bonds. The zero-order chi connectivity index (χ0) is 16.9. The van der Waals surface area contributed by atoms with Crippen LogP contribution in [-0.2, 0) is 6.54 Å². The minimum absolute atomic E-state index is 0.455. The van der Waals surface area contributed by atoms with Crippen LogP contribution in [0.5, 0.6) is 5.75 Å². The van der Waals surface area contributed by atoms with Crippen molar-refractivity contribution >= 4 is 5.82 Å². The molecule has 0 radical (unpaired) electrons. The van der Waals surface area contributed by atoms with E-state index in [4.69, 9.17) is 10.5 Å². The maximum Gasteiger partial charge on any atom is 0.132 e. The number of ether oxygens (including phenoxy) is 1. The molecule has 0 fully saturated rings. The summed E-state index contributed by atoms with van der Waals surface area (Å²) in [7, 11) is 0. The summed E-state index contributed by atoms with van der Waals surface area (Å²) in [5, 5.41) is 8.34. The monoisotopic (exact) mass is 323 g/mol. The van der Waals surface area contributed by atoms with Gasteiger partial charge in [0, 0.05) is 11.8 Å². The molecule has 6 nitrogen and oxygen atoms in total. The molecule has 0 aliphatic rings. The number of nitrogens with two attached hydrogens (primary N) is 1. The van der Waals surface area contributed by atoms with E-state index >= 15 is 0 Å². The van der Waals surface area contributed by atoms with Gasteiger partial charge in [0.15, 0.2) is 0 Å². The van der Waals surface area contributed by atoms with Crippen LogP contribution in [-0.4, -0.2) is 26.6 Å². The normalized spacial score (nSPS) is 11.0. The van der Waals surface area contributed by atoms with Crippen LogP contribution in [0.1, 0.15) is 19.4 Å². The number of nitrogen functional groups attached to an aromatic ring is 1. The van der Waals surface area contributed by atoms with Crippen molar-refractivity contribution in [3.63, 3.8) is 0 Å². The molecule has 1 aromatic carbocycles. The van der Waals surface area contributed by atoms with Crippen molar-refractivity contribution in [1.82, 2.24) is 20.0 Å². The lowest BCUT2D eigenvalue weighted by atomic mass is 10.2. The van der Waals surface area contributed by atoms with E-state index in [1.165, 1.54) is 0 Å². The fourth-order valence-electron chi connectivity index (χ4n) is 2.27. The highest BCUT2D eigenvalue weighted by Crippen LogP contribution is 2.21. The van der Waals surface area contributed by atoms with Gasteiger partial charge in [-0.25, -0.2) is 9.67 Å². The molecule has 0 unspecified atom stereocenters. The Labute approximate surface area is 141 Å². The van der Waals surface area contributed by atoms with E-state index in [-0.39, 0.29) is 0 Å². The molecule has 124 valence electrons. The van der Waals surface area contributed by atoms with Crippen molar-refractivity contribution < 1.29 is 4.74 Å². The molecule has 0 saturated heterocycles. The van der Waals surface area contributed by atoms with Gasteiger partial charge in [0.1, 0.15) is 17.3 Å². The number of pyridine rings is 1. The SMILES string of the molecule is CC(C)COc1ccc(Cn2cc(-c3cccnc3N)nn2)cc1. The third-order valence-corrected chi connectivity index (χ3v) is 3.50.